The molecule has 0 saturated carbocycles. The van der Waals surface area contributed by atoms with Crippen LogP contribution in [0.5, 0.6) is 0 Å². The van der Waals surface area contributed by atoms with Crippen LogP contribution in [0.1, 0.15) is 29.0 Å². The highest BCUT2D eigenvalue weighted by Crippen LogP contribution is 2.32. The fourth-order valence-corrected chi connectivity index (χ4v) is 4.91. The minimum Gasteiger partial charge on any atom is -0.346 e. The fourth-order valence-electron chi connectivity index (χ4n) is 4.91. The van der Waals surface area contributed by atoms with Crippen LogP contribution in [0.2, 0.25) is 0 Å². The van der Waals surface area contributed by atoms with Crippen molar-refractivity contribution in [1.82, 2.24) is 39.5 Å². The summed E-state index contributed by atoms with van der Waals surface area (Å²) in [5.74, 6) is -0.824. The summed E-state index contributed by atoms with van der Waals surface area (Å²) < 4.78 is 54.4. The third-order valence-electron chi connectivity index (χ3n) is 6.94. The summed E-state index contributed by atoms with van der Waals surface area (Å²) in [4.78, 5) is 30.6. The molecule has 0 unspecified atom stereocenters. The lowest BCUT2D eigenvalue weighted by atomic mass is 9.97. The topological polar surface area (TPSA) is 95.8 Å². The Hall–Kier alpha value is -3.87. The molecule has 0 bridgehead atoms. The first-order valence-electron chi connectivity index (χ1n) is 11.7. The average molecular weight is 513 g/mol. The number of nitrogens with zero attached hydrogens (tertiary/aromatic N) is 7. The van der Waals surface area contributed by atoms with Crippen LogP contribution in [0.3, 0.4) is 0 Å². The lowest BCUT2D eigenvalue weighted by Crippen LogP contribution is -2.56. The Morgan fingerprint density at radius 1 is 1.03 bits per heavy atom. The molecule has 0 aliphatic carbocycles. The first kappa shape index (κ1) is 23.5. The SMILES string of the molecule is O=C(c1cnc(C(F)(F)F)cn1)N1CCC(N2C[C](n3cc(-c4c(F)cnc5[nH]ccc45)cn3)C2)CC1. The van der Waals surface area contributed by atoms with Crippen LogP contribution in [-0.4, -0.2) is 77.6 Å². The molecule has 2 aliphatic rings. The Morgan fingerprint density at radius 3 is 2.51 bits per heavy atom. The third kappa shape index (κ3) is 4.32. The zero-order chi connectivity index (χ0) is 25.7. The van der Waals surface area contributed by atoms with Crippen molar-refractivity contribution in [2.24, 2.45) is 0 Å². The molecule has 2 aliphatic heterocycles. The van der Waals surface area contributed by atoms with Crippen molar-refractivity contribution >= 4 is 16.9 Å². The maximum atomic E-state index is 14.5. The number of pyridine rings is 1. The summed E-state index contributed by atoms with van der Waals surface area (Å²) >= 11 is 0. The van der Waals surface area contributed by atoms with E-state index in [4.69, 9.17) is 0 Å². The molecule has 0 aromatic carbocycles. The van der Waals surface area contributed by atoms with Gasteiger partial charge in [0.2, 0.25) is 0 Å². The third-order valence-corrected chi connectivity index (χ3v) is 6.94. The summed E-state index contributed by atoms with van der Waals surface area (Å²) in [6.07, 6.45) is 4.74. The van der Waals surface area contributed by atoms with Gasteiger partial charge in [-0.15, -0.1) is 0 Å². The second kappa shape index (κ2) is 8.91. The number of halogens is 4. The van der Waals surface area contributed by atoms with E-state index in [0.717, 1.165) is 25.1 Å². The normalized spacial score (nSPS) is 17.9. The van der Waals surface area contributed by atoms with Crippen LogP contribution in [0.15, 0.2) is 43.2 Å². The Bertz CT molecular complexity index is 1430. The largest absolute Gasteiger partial charge is 0.434 e. The van der Waals surface area contributed by atoms with Crippen molar-refractivity contribution in [3.8, 4) is 11.1 Å². The number of carbonyl (C=O) groups excluding carboxylic acids is 1. The summed E-state index contributed by atoms with van der Waals surface area (Å²) in [5, 5.41) is 5.13. The summed E-state index contributed by atoms with van der Waals surface area (Å²) in [5.41, 5.74) is 0.531. The smallest absolute Gasteiger partial charge is 0.346 e. The van der Waals surface area contributed by atoms with Crippen molar-refractivity contribution in [3.05, 3.63) is 66.5 Å². The molecule has 6 heterocycles. The Kier molecular flexibility index (Phi) is 5.66. The number of hydrogen-bond donors (Lipinski definition) is 1. The summed E-state index contributed by atoms with van der Waals surface area (Å²) in [6.45, 7) is 2.39. The van der Waals surface area contributed by atoms with Gasteiger partial charge in [-0.25, -0.2) is 19.3 Å². The Labute approximate surface area is 208 Å². The van der Waals surface area contributed by atoms with Gasteiger partial charge in [-0.2, -0.15) is 18.3 Å². The van der Waals surface area contributed by atoms with Crippen molar-refractivity contribution < 1.29 is 22.4 Å². The maximum absolute atomic E-state index is 14.5. The van der Waals surface area contributed by atoms with Crippen LogP contribution in [-0.2, 0) is 6.18 Å². The van der Waals surface area contributed by atoms with Crippen molar-refractivity contribution in [2.75, 3.05) is 26.2 Å². The highest BCUT2D eigenvalue weighted by atomic mass is 19.4. The monoisotopic (exact) mass is 513 g/mol. The summed E-state index contributed by atoms with van der Waals surface area (Å²) in [7, 11) is 0. The minimum absolute atomic E-state index is 0.0944. The van der Waals surface area contributed by atoms with Gasteiger partial charge in [-0.05, 0) is 18.9 Å². The molecule has 1 N–H and O–H groups in total. The van der Waals surface area contributed by atoms with E-state index in [2.05, 4.69) is 29.9 Å². The first-order valence-corrected chi connectivity index (χ1v) is 11.7. The maximum Gasteiger partial charge on any atom is 0.434 e. The summed E-state index contributed by atoms with van der Waals surface area (Å²) in [6, 6.07) is 3.15. The molecule has 2 saturated heterocycles. The van der Waals surface area contributed by atoms with Gasteiger partial charge in [0.1, 0.15) is 23.2 Å². The molecular weight excluding hydrogens is 492 g/mol. The molecule has 9 nitrogen and oxygen atoms in total. The molecule has 191 valence electrons. The molecule has 13 heteroatoms. The predicted octanol–water partition coefficient (Wildman–Crippen LogP) is 3.37. The van der Waals surface area contributed by atoms with Gasteiger partial charge in [-0.1, -0.05) is 0 Å². The molecule has 1 radical (unpaired) electrons. The Morgan fingerprint density at radius 2 is 1.81 bits per heavy atom. The molecule has 37 heavy (non-hydrogen) atoms. The number of carbonyl (C=O) groups is 1. The van der Waals surface area contributed by atoms with Gasteiger partial charge in [0.15, 0.2) is 5.69 Å². The van der Waals surface area contributed by atoms with Crippen LogP contribution in [0, 0.1) is 11.9 Å². The van der Waals surface area contributed by atoms with E-state index in [1.54, 1.807) is 28.0 Å². The molecule has 6 rings (SSSR count). The standard InChI is InChI=1S/C24H21F4N8O/c25-18-8-32-22-17(1-4-29-22)21(18)14-7-33-36(11-14)16-12-35(13-16)15-2-5-34(6-3-15)23(37)19-9-31-20(10-30-19)24(26,27)28/h1,4,7-11,15H,2-3,5-6,12-13H2,(H,29,32). The van der Waals surface area contributed by atoms with E-state index < -0.39 is 23.6 Å². The van der Waals surface area contributed by atoms with E-state index in [0.29, 0.717) is 54.5 Å². The van der Waals surface area contributed by atoms with Crippen molar-refractivity contribution in [3.63, 3.8) is 0 Å². The van der Waals surface area contributed by atoms with E-state index in [1.165, 1.54) is 6.20 Å². The van der Waals surface area contributed by atoms with Gasteiger partial charge >= 0.3 is 6.18 Å². The van der Waals surface area contributed by atoms with Gasteiger partial charge in [0, 0.05) is 61.1 Å². The number of piperidine rings is 1. The average Bonchev–Trinajstić information content (AvgIpc) is 3.53. The van der Waals surface area contributed by atoms with E-state index in [9.17, 15) is 22.4 Å². The number of rotatable bonds is 4. The number of likely N-dealkylation sites (tertiary alicyclic amines) is 2. The van der Waals surface area contributed by atoms with Crippen LogP contribution < -0.4 is 0 Å². The van der Waals surface area contributed by atoms with Gasteiger partial charge in [-0.3, -0.25) is 14.4 Å². The van der Waals surface area contributed by atoms with E-state index in [1.807, 2.05) is 6.20 Å². The highest BCUT2D eigenvalue weighted by molar-refractivity contribution is 5.93. The van der Waals surface area contributed by atoms with Gasteiger partial charge in [0.25, 0.3) is 5.91 Å². The molecule has 2 fully saturated rings. The number of fused-ring (bicyclic) bond motifs is 1. The minimum atomic E-state index is -4.60. The zero-order valence-corrected chi connectivity index (χ0v) is 19.4. The van der Waals surface area contributed by atoms with Gasteiger partial charge in [0.05, 0.1) is 24.8 Å². The lowest BCUT2D eigenvalue weighted by molar-refractivity contribution is -0.141. The van der Waals surface area contributed by atoms with Crippen LogP contribution in [0.4, 0.5) is 17.6 Å². The molecule has 4 aromatic rings. The number of hydrogen-bond acceptors (Lipinski definition) is 6. The van der Waals surface area contributed by atoms with Gasteiger partial charge < -0.3 is 9.88 Å². The number of alkyl halides is 3. The number of nitrogens with one attached hydrogen (secondary N) is 1. The fraction of sp³-hybridized carbons (Fsp3) is 0.333. The number of aromatic nitrogens is 6. The highest BCUT2D eigenvalue weighted by Gasteiger charge is 2.38. The second-order valence-corrected chi connectivity index (χ2v) is 9.17. The van der Waals surface area contributed by atoms with E-state index >= 15 is 0 Å². The molecular formula is C24H21F4N8O. The zero-order valence-electron chi connectivity index (χ0n) is 19.4. The van der Waals surface area contributed by atoms with Crippen LogP contribution >= 0.6 is 0 Å². The molecule has 0 spiro atoms. The molecule has 0 atom stereocenters. The van der Waals surface area contributed by atoms with E-state index in [-0.39, 0.29) is 11.7 Å². The van der Waals surface area contributed by atoms with Crippen LogP contribution in [0.25, 0.3) is 22.2 Å². The molecule has 1 amide bonds. The number of aromatic amines is 1. The first-order chi connectivity index (χ1) is 17.8. The molecule has 4 aromatic heterocycles. The quantitative estimate of drug-likeness (QED) is 0.421. The second-order valence-electron chi connectivity index (χ2n) is 9.17. The predicted molar refractivity (Wildman–Crippen MR) is 123 cm³/mol. The lowest BCUT2D eigenvalue weighted by Gasteiger charge is -2.46. The van der Waals surface area contributed by atoms with Crippen molar-refractivity contribution in [1.29, 1.82) is 0 Å². The Balaban J connectivity index is 1.04. The number of H-pyrrole nitrogens is 1. The number of amides is 1. The van der Waals surface area contributed by atoms with Crippen molar-refractivity contribution in [2.45, 2.75) is 25.1 Å².